The van der Waals surface area contributed by atoms with Gasteiger partial charge in [0.15, 0.2) is 0 Å². The molecule has 2 amide bonds. The third-order valence-electron chi connectivity index (χ3n) is 4.23. The van der Waals surface area contributed by atoms with Gasteiger partial charge in [0.25, 0.3) is 0 Å². The molecule has 2 aromatic rings. The van der Waals surface area contributed by atoms with E-state index in [2.05, 4.69) is 46.3 Å². The fraction of sp³-hybridized carbons (Fsp3) is 0.389. The van der Waals surface area contributed by atoms with Gasteiger partial charge in [0.2, 0.25) is 5.95 Å². The topological polar surface area (TPSA) is 73.4 Å². The van der Waals surface area contributed by atoms with Gasteiger partial charge in [-0.05, 0) is 37.2 Å². The van der Waals surface area contributed by atoms with Crippen LogP contribution < -0.4 is 15.5 Å². The van der Waals surface area contributed by atoms with Crippen molar-refractivity contribution in [1.29, 1.82) is 0 Å². The Labute approximate surface area is 161 Å². The minimum atomic E-state index is -0.172. The molecule has 0 bridgehead atoms. The zero-order chi connectivity index (χ0) is 18.2. The van der Waals surface area contributed by atoms with Crippen molar-refractivity contribution in [2.24, 2.45) is 0 Å². The number of hydrogen-bond acceptors (Lipinski definition) is 5. The molecular formula is C18H23BrN6O. The molecule has 2 heterocycles. The normalized spacial score (nSPS) is 14.9. The van der Waals surface area contributed by atoms with Gasteiger partial charge in [-0.3, -0.25) is 4.90 Å². The highest BCUT2D eigenvalue weighted by Crippen LogP contribution is 2.15. The van der Waals surface area contributed by atoms with Crippen molar-refractivity contribution < 1.29 is 4.79 Å². The number of nitrogens with one attached hydrogen (secondary N) is 2. The molecular weight excluding hydrogens is 396 g/mol. The number of rotatable bonds is 6. The molecule has 1 saturated heterocycles. The SMILES string of the molecule is O=C(NCCCN1CCN(c2ncccn2)CC1)Nc1cccc(Br)c1. The summed E-state index contributed by atoms with van der Waals surface area (Å²) in [7, 11) is 0. The Hall–Kier alpha value is -2.19. The lowest BCUT2D eigenvalue weighted by atomic mass is 10.3. The zero-order valence-electron chi connectivity index (χ0n) is 14.6. The van der Waals surface area contributed by atoms with Crippen molar-refractivity contribution in [2.45, 2.75) is 6.42 Å². The van der Waals surface area contributed by atoms with Crippen molar-refractivity contribution in [3.8, 4) is 0 Å². The first-order valence-corrected chi connectivity index (χ1v) is 9.55. The number of carbonyl (C=O) groups is 1. The Morgan fingerprint density at radius 2 is 1.88 bits per heavy atom. The van der Waals surface area contributed by atoms with E-state index in [4.69, 9.17) is 0 Å². The highest BCUT2D eigenvalue weighted by Gasteiger charge is 2.18. The van der Waals surface area contributed by atoms with E-state index >= 15 is 0 Å². The molecule has 2 N–H and O–H groups in total. The number of carbonyl (C=O) groups excluding carboxylic acids is 1. The van der Waals surface area contributed by atoms with Crippen LogP contribution in [0.3, 0.4) is 0 Å². The second kappa shape index (κ2) is 9.49. The molecule has 26 heavy (non-hydrogen) atoms. The summed E-state index contributed by atoms with van der Waals surface area (Å²) in [6, 6.07) is 9.20. The maximum atomic E-state index is 11.9. The lowest BCUT2D eigenvalue weighted by Crippen LogP contribution is -2.47. The van der Waals surface area contributed by atoms with E-state index in [9.17, 15) is 4.79 Å². The molecule has 1 aliphatic rings. The maximum Gasteiger partial charge on any atom is 0.319 e. The number of halogens is 1. The molecule has 138 valence electrons. The van der Waals surface area contributed by atoms with E-state index in [0.29, 0.717) is 6.54 Å². The Balaban J connectivity index is 1.30. The fourth-order valence-corrected chi connectivity index (χ4v) is 3.27. The van der Waals surface area contributed by atoms with Gasteiger partial charge in [-0.1, -0.05) is 22.0 Å². The fourth-order valence-electron chi connectivity index (χ4n) is 2.87. The number of anilines is 2. The first-order valence-electron chi connectivity index (χ1n) is 8.75. The number of amides is 2. The van der Waals surface area contributed by atoms with Gasteiger partial charge in [-0.25, -0.2) is 14.8 Å². The van der Waals surface area contributed by atoms with Crippen LogP contribution in [-0.2, 0) is 0 Å². The minimum absolute atomic E-state index is 0.172. The molecule has 0 unspecified atom stereocenters. The molecule has 0 radical (unpaired) electrons. The van der Waals surface area contributed by atoms with Gasteiger partial charge in [-0.2, -0.15) is 0 Å². The van der Waals surface area contributed by atoms with Gasteiger partial charge in [0.1, 0.15) is 0 Å². The van der Waals surface area contributed by atoms with Gasteiger partial charge >= 0.3 is 6.03 Å². The summed E-state index contributed by atoms with van der Waals surface area (Å²) in [5.41, 5.74) is 0.774. The Kier molecular flexibility index (Phi) is 6.79. The summed E-state index contributed by atoms with van der Waals surface area (Å²) in [5, 5.41) is 5.73. The second-order valence-electron chi connectivity index (χ2n) is 6.12. The molecule has 0 spiro atoms. The van der Waals surface area contributed by atoms with E-state index < -0.39 is 0 Å². The molecule has 0 saturated carbocycles. The van der Waals surface area contributed by atoms with Gasteiger partial charge in [0, 0.05) is 55.3 Å². The van der Waals surface area contributed by atoms with Crippen LogP contribution in [0.1, 0.15) is 6.42 Å². The lowest BCUT2D eigenvalue weighted by Gasteiger charge is -2.34. The molecule has 7 nitrogen and oxygen atoms in total. The predicted octanol–water partition coefficient (Wildman–Crippen LogP) is 2.57. The van der Waals surface area contributed by atoms with Crippen molar-refractivity contribution in [2.75, 3.05) is 49.5 Å². The van der Waals surface area contributed by atoms with Crippen molar-refractivity contribution >= 4 is 33.6 Å². The zero-order valence-corrected chi connectivity index (χ0v) is 16.2. The number of piperazine rings is 1. The van der Waals surface area contributed by atoms with Crippen molar-refractivity contribution in [3.63, 3.8) is 0 Å². The van der Waals surface area contributed by atoms with E-state index in [-0.39, 0.29) is 6.03 Å². The third-order valence-corrected chi connectivity index (χ3v) is 4.72. The summed E-state index contributed by atoms with van der Waals surface area (Å²) in [6.07, 6.45) is 4.48. The number of hydrogen-bond donors (Lipinski definition) is 2. The van der Waals surface area contributed by atoms with Crippen LogP contribution >= 0.6 is 15.9 Å². The van der Waals surface area contributed by atoms with E-state index in [1.807, 2.05) is 30.3 Å². The summed E-state index contributed by atoms with van der Waals surface area (Å²) in [4.78, 5) is 25.1. The van der Waals surface area contributed by atoms with E-state index in [1.54, 1.807) is 12.4 Å². The molecule has 1 aromatic carbocycles. The van der Waals surface area contributed by atoms with Gasteiger partial charge in [-0.15, -0.1) is 0 Å². The average Bonchev–Trinajstić information content (AvgIpc) is 2.66. The molecule has 0 atom stereocenters. The van der Waals surface area contributed by atoms with Crippen LogP contribution in [0.2, 0.25) is 0 Å². The summed E-state index contributed by atoms with van der Waals surface area (Å²) in [5.74, 6) is 0.804. The molecule has 8 heteroatoms. The lowest BCUT2D eigenvalue weighted by molar-refractivity contribution is 0.244. The first kappa shape index (κ1) is 18.6. The Morgan fingerprint density at radius 3 is 2.62 bits per heavy atom. The molecule has 1 aromatic heterocycles. The highest BCUT2D eigenvalue weighted by molar-refractivity contribution is 9.10. The van der Waals surface area contributed by atoms with Crippen LogP contribution in [0.15, 0.2) is 47.2 Å². The van der Waals surface area contributed by atoms with Gasteiger partial charge < -0.3 is 15.5 Å². The molecule has 0 aliphatic carbocycles. The Morgan fingerprint density at radius 1 is 1.12 bits per heavy atom. The van der Waals surface area contributed by atoms with Crippen LogP contribution in [0.25, 0.3) is 0 Å². The average molecular weight is 419 g/mol. The summed E-state index contributed by atoms with van der Waals surface area (Å²) >= 11 is 3.39. The minimum Gasteiger partial charge on any atom is -0.338 e. The number of nitrogens with zero attached hydrogens (tertiary/aromatic N) is 4. The summed E-state index contributed by atoms with van der Waals surface area (Å²) < 4.78 is 0.940. The van der Waals surface area contributed by atoms with E-state index in [0.717, 1.165) is 55.3 Å². The number of benzene rings is 1. The highest BCUT2D eigenvalue weighted by atomic mass is 79.9. The first-order chi connectivity index (χ1) is 12.7. The smallest absolute Gasteiger partial charge is 0.319 e. The molecule has 1 aliphatic heterocycles. The Bertz CT molecular complexity index is 706. The molecule has 1 fully saturated rings. The standard InChI is InChI=1S/C18H23BrN6O/c19-15-4-1-5-16(14-15)23-18(26)22-8-3-9-24-10-12-25(13-11-24)17-20-6-2-7-21-17/h1-2,4-7,14H,3,8-13H2,(H2,22,23,26). The predicted molar refractivity (Wildman–Crippen MR) is 106 cm³/mol. The van der Waals surface area contributed by atoms with Crippen molar-refractivity contribution in [1.82, 2.24) is 20.2 Å². The van der Waals surface area contributed by atoms with Crippen LogP contribution in [0, 0.1) is 0 Å². The van der Waals surface area contributed by atoms with Crippen LogP contribution in [0.4, 0.5) is 16.4 Å². The quantitative estimate of drug-likeness (QED) is 0.705. The maximum absolute atomic E-state index is 11.9. The van der Waals surface area contributed by atoms with Crippen LogP contribution in [-0.4, -0.2) is 60.2 Å². The number of aromatic nitrogens is 2. The largest absolute Gasteiger partial charge is 0.338 e. The monoisotopic (exact) mass is 418 g/mol. The second-order valence-corrected chi connectivity index (χ2v) is 7.04. The number of urea groups is 1. The molecule has 3 rings (SSSR count). The van der Waals surface area contributed by atoms with Crippen molar-refractivity contribution in [3.05, 3.63) is 47.2 Å². The summed E-state index contributed by atoms with van der Waals surface area (Å²) in [6.45, 7) is 5.47. The van der Waals surface area contributed by atoms with E-state index in [1.165, 1.54) is 0 Å². The van der Waals surface area contributed by atoms with Crippen LogP contribution in [0.5, 0.6) is 0 Å². The third kappa shape index (κ3) is 5.67. The van der Waals surface area contributed by atoms with Gasteiger partial charge in [0.05, 0.1) is 0 Å².